The number of hydrogen-bond donors (Lipinski definition) is 1. The molecule has 0 radical (unpaired) electrons. The van der Waals surface area contributed by atoms with Gasteiger partial charge in [0.25, 0.3) is 15.9 Å². The number of nitrogens with zero attached hydrogens (tertiary/aromatic N) is 4. The Morgan fingerprint density at radius 2 is 1.56 bits per heavy atom. The average Bonchev–Trinajstić information content (AvgIpc) is 3.07. The van der Waals surface area contributed by atoms with Crippen molar-refractivity contribution in [2.24, 2.45) is 17.3 Å². The normalized spacial score (nSPS) is 11.8. The molecule has 3 aromatic carbocycles. The van der Waals surface area contributed by atoms with Crippen LogP contribution in [-0.4, -0.2) is 31.0 Å². The van der Waals surface area contributed by atoms with Gasteiger partial charge in [-0.05, 0) is 30.3 Å². The van der Waals surface area contributed by atoms with E-state index in [4.69, 9.17) is 0 Å². The summed E-state index contributed by atoms with van der Waals surface area (Å²) < 4.78 is 28.6. The van der Waals surface area contributed by atoms with Gasteiger partial charge in [-0.15, -0.1) is 10.2 Å². The number of aryl methyl sites for hydroxylation is 1. The number of para-hydroxylation sites is 2. The van der Waals surface area contributed by atoms with Crippen molar-refractivity contribution in [2.45, 2.75) is 4.90 Å². The summed E-state index contributed by atoms with van der Waals surface area (Å²) in [7, 11) is -0.827. The Morgan fingerprint density at radius 3 is 2.31 bits per heavy atom. The number of aromatic nitrogens is 1. The van der Waals surface area contributed by atoms with Crippen LogP contribution < -0.4 is 4.31 Å². The fourth-order valence-electron chi connectivity index (χ4n) is 3.42. The van der Waals surface area contributed by atoms with Gasteiger partial charge in [-0.25, -0.2) is 8.42 Å². The van der Waals surface area contributed by atoms with E-state index in [-0.39, 0.29) is 27.7 Å². The molecule has 0 aliphatic carbocycles. The fraction of sp³-hybridized carbons (Fsp3) is 0.0870. The number of aromatic hydroxyl groups is 1. The zero-order valence-electron chi connectivity index (χ0n) is 17.4. The van der Waals surface area contributed by atoms with E-state index in [2.05, 4.69) is 10.2 Å². The molecule has 0 atom stereocenters. The smallest absolute Gasteiger partial charge is 0.297 e. The molecule has 0 saturated heterocycles. The maximum absolute atomic E-state index is 13.0. The summed E-state index contributed by atoms with van der Waals surface area (Å²) in [5.74, 6) is -0.858. The second-order valence-electron chi connectivity index (χ2n) is 7.06. The molecule has 4 rings (SSSR count). The van der Waals surface area contributed by atoms with Crippen molar-refractivity contribution in [3.8, 4) is 5.88 Å². The molecule has 1 amide bonds. The van der Waals surface area contributed by atoms with Gasteiger partial charge in [-0.1, -0.05) is 48.5 Å². The summed E-state index contributed by atoms with van der Waals surface area (Å²) in [5.41, 5.74) is 1.14. The van der Waals surface area contributed by atoms with Crippen molar-refractivity contribution in [3.05, 3.63) is 84.4 Å². The lowest BCUT2D eigenvalue weighted by atomic mass is 10.1. The molecular formula is C23H20N4O4S. The number of carbonyl (C=O) groups excluding carboxylic acids is 1. The molecule has 0 unspecified atom stereocenters. The Hall–Kier alpha value is -3.98. The monoisotopic (exact) mass is 448 g/mol. The van der Waals surface area contributed by atoms with Gasteiger partial charge in [0.15, 0.2) is 5.69 Å². The summed E-state index contributed by atoms with van der Waals surface area (Å²) in [5, 5.41) is 18.8. The molecule has 1 heterocycles. The van der Waals surface area contributed by atoms with E-state index in [1.54, 1.807) is 54.1 Å². The third-order valence-electron chi connectivity index (χ3n) is 5.17. The third-order valence-corrected chi connectivity index (χ3v) is 6.95. The standard InChI is InChI=1S/C23H20N4O4S/c1-26-19-14-8-6-12-17(19)21(23(26)29)24-25-22(28)18-13-7-9-15-20(18)27(2)32(30,31)16-10-4-3-5-11-16/h3-15,29H,1-2H3. The van der Waals surface area contributed by atoms with Crippen LogP contribution in [0.4, 0.5) is 11.4 Å². The summed E-state index contributed by atoms with van der Waals surface area (Å²) in [6.45, 7) is 0. The highest BCUT2D eigenvalue weighted by atomic mass is 32.2. The van der Waals surface area contributed by atoms with Gasteiger partial charge in [0.1, 0.15) is 0 Å². The topological polar surface area (TPSA) is 104 Å². The Balaban J connectivity index is 1.71. The molecule has 0 fully saturated rings. The summed E-state index contributed by atoms with van der Waals surface area (Å²) in [4.78, 5) is 13.0. The number of carbonyl (C=O) groups is 1. The molecule has 1 N–H and O–H groups in total. The van der Waals surface area contributed by atoms with Crippen molar-refractivity contribution >= 4 is 38.2 Å². The number of hydrogen-bond acceptors (Lipinski definition) is 5. The van der Waals surface area contributed by atoms with E-state index < -0.39 is 15.9 Å². The first-order valence-electron chi connectivity index (χ1n) is 9.68. The largest absolute Gasteiger partial charge is 0.493 e. The highest BCUT2D eigenvalue weighted by Gasteiger charge is 2.25. The fourth-order valence-corrected chi connectivity index (χ4v) is 4.65. The lowest BCUT2D eigenvalue weighted by Crippen LogP contribution is -2.28. The highest BCUT2D eigenvalue weighted by Crippen LogP contribution is 2.38. The Bertz CT molecular complexity index is 1440. The summed E-state index contributed by atoms with van der Waals surface area (Å²) >= 11 is 0. The Morgan fingerprint density at radius 1 is 0.938 bits per heavy atom. The molecule has 9 heteroatoms. The molecule has 162 valence electrons. The van der Waals surface area contributed by atoms with E-state index in [0.717, 1.165) is 9.82 Å². The maximum atomic E-state index is 13.0. The highest BCUT2D eigenvalue weighted by molar-refractivity contribution is 7.92. The van der Waals surface area contributed by atoms with E-state index >= 15 is 0 Å². The number of anilines is 1. The quantitative estimate of drug-likeness (QED) is 0.449. The van der Waals surface area contributed by atoms with Crippen molar-refractivity contribution in [2.75, 3.05) is 11.4 Å². The Kier molecular flexibility index (Phi) is 5.50. The van der Waals surface area contributed by atoms with Crippen LogP contribution in [0.5, 0.6) is 5.88 Å². The van der Waals surface area contributed by atoms with Crippen LogP contribution in [0.1, 0.15) is 10.4 Å². The SMILES string of the molecule is CN(c1ccccc1C(=O)N=Nc1c(O)n(C)c2ccccc12)S(=O)(=O)c1ccccc1. The van der Waals surface area contributed by atoms with Crippen molar-refractivity contribution in [3.63, 3.8) is 0 Å². The minimum atomic E-state index is -3.88. The third kappa shape index (κ3) is 3.63. The lowest BCUT2D eigenvalue weighted by Gasteiger charge is -2.21. The maximum Gasteiger partial charge on any atom is 0.297 e. The summed E-state index contributed by atoms with van der Waals surface area (Å²) in [6, 6.07) is 21.4. The summed E-state index contributed by atoms with van der Waals surface area (Å²) in [6.07, 6.45) is 0. The van der Waals surface area contributed by atoms with Gasteiger partial charge in [0, 0.05) is 19.5 Å². The average molecular weight is 449 g/mol. The van der Waals surface area contributed by atoms with E-state index in [9.17, 15) is 18.3 Å². The first kappa shape index (κ1) is 21.3. The van der Waals surface area contributed by atoms with Crippen LogP contribution >= 0.6 is 0 Å². The molecule has 0 saturated carbocycles. The van der Waals surface area contributed by atoms with Crippen molar-refractivity contribution in [1.82, 2.24) is 4.57 Å². The molecule has 0 aliphatic rings. The molecule has 32 heavy (non-hydrogen) atoms. The second-order valence-corrected chi connectivity index (χ2v) is 9.03. The molecule has 0 bridgehead atoms. The minimum Gasteiger partial charge on any atom is -0.493 e. The first-order chi connectivity index (χ1) is 15.3. The van der Waals surface area contributed by atoms with Gasteiger partial charge >= 0.3 is 0 Å². The lowest BCUT2D eigenvalue weighted by molar-refractivity contribution is 0.0995. The molecule has 1 aromatic heterocycles. The van der Waals surface area contributed by atoms with Gasteiger partial charge in [0.2, 0.25) is 5.88 Å². The van der Waals surface area contributed by atoms with Crippen LogP contribution in [0.15, 0.2) is 94.0 Å². The van der Waals surface area contributed by atoms with Crippen molar-refractivity contribution in [1.29, 1.82) is 0 Å². The number of rotatable bonds is 5. The van der Waals surface area contributed by atoms with Gasteiger partial charge in [-0.2, -0.15) is 0 Å². The van der Waals surface area contributed by atoms with Crippen molar-refractivity contribution < 1.29 is 18.3 Å². The van der Waals surface area contributed by atoms with Gasteiger partial charge < -0.3 is 9.67 Å². The molecule has 8 nitrogen and oxygen atoms in total. The van der Waals surface area contributed by atoms with Gasteiger partial charge in [-0.3, -0.25) is 9.10 Å². The molecule has 4 aromatic rings. The number of amides is 1. The minimum absolute atomic E-state index is 0.0676. The number of benzene rings is 3. The predicted molar refractivity (Wildman–Crippen MR) is 122 cm³/mol. The Labute approximate surface area is 185 Å². The van der Waals surface area contributed by atoms with E-state index in [1.165, 1.54) is 31.3 Å². The first-order valence-corrected chi connectivity index (χ1v) is 11.1. The van der Waals surface area contributed by atoms with Crippen LogP contribution in [0, 0.1) is 0 Å². The zero-order chi connectivity index (χ0) is 22.9. The van der Waals surface area contributed by atoms with Crippen LogP contribution in [0.2, 0.25) is 0 Å². The number of sulfonamides is 1. The van der Waals surface area contributed by atoms with Crippen LogP contribution in [-0.2, 0) is 17.1 Å². The molecule has 0 spiro atoms. The van der Waals surface area contributed by atoms with E-state index in [1.807, 2.05) is 12.1 Å². The zero-order valence-corrected chi connectivity index (χ0v) is 18.2. The van der Waals surface area contributed by atoms with Gasteiger partial charge in [0.05, 0.1) is 21.7 Å². The van der Waals surface area contributed by atoms with Crippen LogP contribution in [0.25, 0.3) is 10.9 Å². The van der Waals surface area contributed by atoms with Crippen LogP contribution in [0.3, 0.4) is 0 Å². The predicted octanol–water partition coefficient (Wildman–Crippen LogP) is 4.63. The van der Waals surface area contributed by atoms with E-state index in [0.29, 0.717) is 5.39 Å². The second kappa shape index (κ2) is 8.27. The molecule has 0 aliphatic heterocycles. The molecular weight excluding hydrogens is 428 g/mol. The number of azo groups is 1. The number of fused-ring (bicyclic) bond motifs is 1.